The average Bonchev–Trinajstić information content (AvgIpc) is 3.07. The Bertz CT molecular complexity index is 688. The first-order chi connectivity index (χ1) is 10.0. The van der Waals surface area contributed by atoms with E-state index in [2.05, 4.69) is 0 Å². The summed E-state index contributed by atoms with van der Waals surface area (Å²) in [5.41, 5.74) is -0.205. The number of ether oxygens (including phenoxy) is 1. The van der Waals surface area contributed by atoms with Gasteiger partial charge in [0.1, 0.15) is 5.60 Å². The van der Waals surface area contributed by atoms with Gasteiger partial charge in [-0.15, -0.1) is 0 Å². The number of amides is 1. The third-order valence-corrected chi connectivity index (χ3v) is 4.73. The van der Waals surface area contributed by atoms with Crippen LogP contribution in [0.3, 0.4) is 0 Å². The van der Waals surface area contributed by atoms with Crippen LogP contribution >= 0.6 is 11.6 Å². The minimum Gasteiger partial charge on any atom is -0.550 e. The van der Waals surface area contributed by atoms with Crippen molar-refractivity contribution in [2.75, 3.05) is 11.4 Å². The zero-order chi connectivity index (χ0) is 14.8. The van der Waals surface area contributed by atoms with Crippen molar-refractivity contribution in [3.8, 4) is 0 Å². The number of nitrogens with zero attached hydrogens (tertiary/aromatic N) is 1. The molecule has 4 atom stereocenters. The zero-order valence-corrected chi connectivity index (χ0v) is 11.6. The maximum absolute atomic E-state index is 12.7. The fourth-order valence-corrected chi connectivity index (χ4v) is 3.81. The van der Waals surface area contributed by atoms with Crippen LogP contribution in [0, 0.1) is 11.8 Å². The Balaban J connectivity index is 1.75. The monoisotopic (exact) mass is 304 g/mol. The number of anilines is 1. The van der Waals surface area contributed by atoms with Gasteiger partial charge in [-0.3, -0.25) is 4.79 Å². The molecule has 108 valence electrons. The fourth-order valence-electron chi connectivity index (χ4n) is 3.63. The van der Waals surface area contributed by atoms with Crippen molar-refractivity contribution in [2.45, 2.75) is 11.7 Å². The zero-order valence-electron chi connectivity index (χ0n) is 10.9. The number of halogens is 1. The first kappa shape index (κ1) is 12.9. The van der Waals surface area contributed by atoms with Gasteiger partial charge in [0.15, 0.2) is 0 Å². The summed E-state index contributed by atoms with van der Waals surface area (Å²) in [4.78, 5) is 25.6. The van der Waals surface area contributed by atoms with E-state index in [1.54, 1.807) is 35.2 Å². The second-order valence-electron chi connectivity index (χ2n) is 5.62. The van der Waals surface area contributed by atoms with Gasteiger partial charge < -0.3 is 19.5 Å². The van der Waals surface area contributed by atoms with E-state index in [1.807, 2.05) is 6.08 Å². The van der Waals surface area contributed by atoms with E-state index >= 15 is 0 Å². The van der Waals surface area contributed by atoms with Gasteiger partial charge in [-0.25, -0.2) is 0 Å². The second kappa shape index (κ2) is 4.08. The Morgan fingerprint density at radius 3 is 3.00 bits per heavy atom. The van der Waals surface area contributed by atoms with Crippen LogP contribution in [0.1, 0.15) is 0 Å². The number of fused-ring (bicyclic) bond motifs is 1. The Kier molecular flexibility index (Phi) is 2.50. The predicted octanol–water partition coefficient (Wildman–Crippen LogP) is 0.376. The molecule has 1 aromatic rings. The number of carboxylic acids is 1. The maximum atomic E-state index is 12.7. The molecule has 0 aliphatic carbocycles. The summed E-state index contributed by atoms with van der Waals surface area (Å²) in [6, 6.07) is 6.92. The van der Waals surface area contributed by atoms with Crippen LogP contribution in [-0.4, -0.2) is 30.1 Å². The van der Waals surface area contributed by atoms with E-state index in [0.29, 0.717) is 17.3 Å². The van der Waals surface area contributed by atoms with Crippen LogP contribution in [0.25, 0.3) is 0 Å². The second-order valence-corrected chi connectivity index (χ2v) is 6.06. The van der Waals surface area contributed by atoms with Gasteiger partial charge in [-0.2, -0.15) is 0 Å². The van der Waals surface area contributed by atoms with E-state index in [0.717, 1.165) is 0 Å². The molecule has 2 saturated heterocycles. The highest BCUT2D eigenvalue weighted by Gasteiger charge is 2.65. The lowest BCUT2D eigenvalue weighted by Gasteiger charge is -2.24. The van der Waals surface area contributed by atoms with E-state index in [-0.39, 0.29) is 5.91 Å². The summed E-state index contributed by atoms with van der Waals surface area (Å²) < 4.78 is 5.78. The Labute approximate surface area is 125 Å². The number of benzene rings is 1. The quantitative estimate of drug-likeness (QED) is 0.741. The van der Waals surface area contributed by atoms with Gasteiger partial charge in [0, 0.05) is 22.6 Å². The summed E-state index contributed by atoms with van der Waals surface area (Å²) in [7, 11) is 0. The molecular weight excluding hydrogens is 294 g/mol. The van der Waals surface area contributed by atoms with Gasteiger partial charge in [-0.1, -0.05) is 29.8 Å². The van der Waals surface area contributed by atoms with Crippen molar-refractivity contribution < 1.29 is 19.4 Å². The Hall–Kier alpha value is -1.85. The largest absolute Gasteiger partial charge is 0.550 e. The number of carboxylic acid groups (broad SMARTS) is 1. The molecule has 0 unspecified atom stereocenters. The number of aliphatic carboxylic acids is 1. The molecular formula is C15H11ClNO4-. The van der Waals surface area contributed by atoms with Crippen molar-refractivity contribution in [1.29, 1.82) is 0 Å². The first-order valence-corrected chi connectivity index (χ1v) is 7.05. The van der Waals surface area contributed by atoms with E-state index in [4.69, 9.17) is 16.3 Å². The Morgan fingerprint density at radius 1 is 1.48 bits per heavy atom. The van der Waals surface area contributed by atoms with Gasteiger partial charge >= 0.3 is 0 Å². The summed E-state index contributed by atoms with van der Waals surface area (Å²) in [6.45, 7) is 0.299. The minimum absolute atomic E-state index is 0.252. The van der Waals surface area contributed by atoms with E-state index in [1.165, 1.54) is 0 Å². The normalized spacial score (nSPS) is 36.3. The molecule has 3 aliphatic rings. The van der Waals surface area contributed by atoms with Crippen molar-refractivity contribution in [3.05, 3.63) is 41.4 Å². The molecule has 2 fully saturated rings. The molecule has 2 bridgehead atoms. The van der Waals surface area contributed by atoms with E-state index < -0.39 is 29.5 Å². The highest BCUT2D eigenvalue weighted by Crippen LogP contribution is 2.52. The molecule has 1 aromatic carbocycles. The highest BCUT2D eigenvalue weighted by molar-refractivity contribution is 6.31. The average molecular weight is 305 g/mol. The summed E-state index contributed by atoms with van der Waals surface area (Å²) in [6.07, 6.45) is 2.96. The van der Waals surface area contributed by atoms with E-state index in [9.17, 15) is 14.7 Å². The van der Waals surface area contributed by atoms with Crippen LogP contribution in [0.2, 0.25) is 5.02 Å². The van der Waals surface area contributed by atoms with Crippen LogP contribution in [-0.2, 0) is 14.3 Å². The Morgan fingerprint density at radius 2 is 2.29 bits per heavy atom. The lowest BCUT2D eigenvalue weighted by Crippen LogP contribution is -2.45. The standard InChI is InChI=1S/C15H12ClNO4/c16-8-2-1-3-9(6-8)17-7-15-5-4-10(21-15)11(14(19)20)12(15)13(17)18/h1-6,10-12H,7H2,(H,19,20)/p-1/t10-,11+,12-,15-/m1/s1. The van der Waals surface area contributed by atoms with Gasteiger partial charge in [0.2, 0.25) is 5.91 Å². The molecule has 5 nitrogen and oxygen atoms in total. The molecule has 0 radical (unpaired) electrons. The minimum atomic E-state index is -1.24. The van der Waals surface area contributed by atoms with Crippen molar-refractivity contribution in [3.63, 3.8) is 0 Å². The summed E-state index contributed by atoms with van der Waals surface area (Å²) in [5, 5.41) is 11.9. The molecule has 21 heavy (non-hydrogen) atoms. The van der Waals surface area contributed by atoms with Crippen molar-refractivity contribution in [2.24, 2.45) is 11.8 Å². The molecule has 3 heterocycles. The third kappa shape index (κ3) is 1.61. The molecule has 4 rings (SSSR count). The van der Waals surface area contributed by atoms with Gasteiger partial charge in [0.25, 0.3) is 0 Å². The molecule has 1 amide bonds. The van der Waals surface area contributed by atoms with Crippen molar-refractivity contribution >= 4 is 29.2 Å². The van der Waals surface area contributed by atoms with Gasteiger partial charge in [0.05, 0.1) is 18.6 Å². The number of carbonyl (C=O) groups is 2. The molecule has 0 aromatic heterocycles. The lowest BCUT2D eigenvalue weighted by molar-refractivity contribution is -0.313. The topological polar surface area (TPSA) is 69.7 Å². The summed E-state index contributed by atoms with van der Waals surface area (Å²) >= 11 is 5.96. The van der Waals surface area contributed by atoms with Crippen LogP contribution in [0.4, 0.5) is 5.69 Å². The lowest BCUT2D eigenvalue weighted by atomic mass is 9.77. The molecule has 6 heteroatoms. The van der Waals surface area contributed by atoms with Crippen LogP contribution in [0.5, 0.6) is 0 Å². The molecule has 3 aliphatic heterocycles. The number of rotatable bonds is 2. The fraction of sp³-hybridized carbons (Fsp3) is 0.333. The molecule has 1 spiro atoms. The molecule has 0 N–H and O–H groups in total. The number of hydrogen-bond donors (Lipinski definition) is 0. The first-order valence-electron chi connectivity index (χ1n) is 6.67. The highest BCUT2D eigenvalue weighted by atomic mass is 35.5. The van der Waals surface area contributed by atoms with Crippen LogP contribution < -0.4 is 10.0 Å². The summed E-state index contributed by atoms with van der Waals surface area (Å²) in [5.74, 6) is -3.14. The maximum Gasteiger partial charge on any atom is 0.234 e. The number of carbonyl (C=O) groups excluding carboxylic acids is 2. The number of hydrogen-bond acceptors (Lipinski definition) is 4. The van der Waals surface area contributed by atoms with Gasteiger partial charge in [-0.05, 0) is 18.2 Å². The SMILES string of the molecule is O=C([O-])[C@H]1[C@H]2C=C[C@]3(CN(c4cccc(Cl)c4)C(=O)[C@@H]13)O2. The predicted molar refractivity (Wildman–Crippen MR) is 72.5 cm³/mol. The van der Waals surface area contributed by atoms with Crippen molar-refractivity contribution in [1.82, 2.24) is 0 Å². The van der Waals surface area contributed by atoms with Crippen LogP contribution in [0.15, 0.2) is 36.4 Å². The molecule has 0 saturated carbocycles. The third-order valence-electron chi connectivity index (χ3n) is 4.49. The smallest absolute Gasteiger partial charge is 0.234 e.